The van der Waals surface area contributed by atoms with Gasteiger partial charge in [-0.1, -0.05) is 12.1 Å². The zero-order valence-corrected chi connectivity index (χ0v) is 13.6. The summed E-state index contributed by atoms with van der Waals surface area (Å²) in [4.78, 5) is 3.74. The highest BCUT2D eigenvalue weighted by Crippen LogP contribution is 2.14. The van der Waals surface area contributed by atoms with Crippen molar-refractivity contribution in [3.8, 4) is 0 Å². The molecule has 0 aliphatic carbocycles. The molecule has 0 saturated carbocycles. The van der Waals surface area contributed by atoms with Gasteiger partial charge in [-0.3, -0.25) is 0 Å². The Hall–Kier alpha value is -0.510. The van der Waals surface area contributed by atoms with Crippen LogP contribution in [-0.2, 0) is 6.54 Å². The van der Waals surface area contributed by atoms with Gasteiger partial charge < -0.3 is 10.2 Å². The monoisotopic (exact) mass is 280 g/mol. The summed E-state index contributed by atoms with van der Waals surface area (Å²) in [5.41, 5.74) is 1.37. The van der Waals surface area contributed by atoms with Gasteiger partial charge in [-0.25, -0.2) is 0 Å². The highest BCUT2D eigenvalue weighted by Gasteiger charge is 2.01. The molecule has 0 saturated heterocycles. The molecule has 0 heterocycles. The van der Waals surface area contributed by atoms with E-state index in [9.17, 15) is 0 Å². The van der Waals surface area contributed by atoms with Crippen LogP contribution in [0.15, 0.2) is 29.2 Å². The first-order valence-electron chi connectivity index (χ1n) is 7.17. The minimum atomic E-state index is 0.655. The summed E-state index contributed by atoms with van der Waals surface area (Å²) < 4.78 is 0. The van der Waals surface area contributed by atoms with E-state index in [2.05, 4.69) is 61.6 Å². The minimum Gasteiger partial charge on any atom is -0.313 e. The molecule has 0 bridgehead atoms. The van der Waals surface area contributed by atoms with Gasteiger partial charge in [-0.15, -0.1) is 11.8 Å². The van der Waals surface area contributed by atoms with E-state index in [1.54, 1.807) is 11.8 Å². The van der Waals surface area contributed by atoms with Crippen LogP contribution in [0.5, 0.6) is 0 Å². The third-order valence-electron chi connectivity index (χ3n) is 3.48. The summed E-state index contributed by atoms with van der Waals surface area (Å²) in [5.74, 6) is 0. The molecule has 0 fully saturated rings. The largest absolute Gasteiger partial charge is 0.313 e. The normalized spacial score (nSPS) is 11.5. The van der Waals surface area contributed by atoms with Gasteiger partial charge in [-0.05, 0) is 70.8 Å². The van der Waals surface area contributed by atoms with Gasteiger partial charge in [0.2, 0.25) is 0 Å². The molecular weight excluding hydrogens is 252 g/mol. The number of thioether (sulfide) groups is 1. The van der Waals surface area contributed by atoms with Crippen LogP contribution in [0.1, 0.15) is 32.3 Å². The van der Waals surface area contributed by atoms with Gasteiger partial charge in [0.05, 0.1) is 0 Å². The predicted octanol–water partition coefficient (Wildman–Crippen LogP) is 3.62. The zero-order chi connectivity index (χ0) is 14.1. The van der Waals surface area contributed by atoms with Crippen LogP contribution in [-0.4, -0.2) is 37.3 Å². The second kappa shape index (κ2) is 9.40. The fourth-order valence-corrected chi connectivity index (χ4v) is 2.25. The van der Waals surface area contributed by atoms with Gasteiger partial charge in [-0.2, -0.15) is 0 Å². The summed E-state index contributed by atoms with van der Waals surface area (Å²) in [7, 11) is 2.20. The maximum Gasteiger partial charge on any atom is 0.0205 e. The lowest BCUT2D eigenvalue weighted by Gasteiger charge is -2.20. The van der Waals surface area contributed by atoms with Crippen molar-refractivity contribution in [1.82, 2.24) is 10.2 Å². The summed E-state index contributed by atoms with van der Waals surface area (Å²) in [6.45, 7) is 7.78. The van der Waals surface area contributed by atoms with Crippen molar-refractivity contribution in [3.05, 3.63) is 29.8 Å². The van der Waals surface area contributed by atoms with Gasteiger partial charge in [0.25, 0.3) is 0 Å². The molecule has 0 atom stereocenters. The lowest BCUT2D eigenvalue weighted by atomic mass is 10.2. The third-order valence-corrected chi connectivity index (χ3v) is 4.23. The van der Waals surface area contributed by atoms with E-state index in [4.69, 9.17) is 0 Å². The molecule has 0 aliphatic rings. The molecular formula is C16H28N2S. The lowest BCUT2D eigenvalue weighted by molar-refractivity contribution is 0.268. The third kappa shape index (κ3) is 7.00. The number of nitrogens with one attached hydrogen (secondary N) is 1. The number of benzene rings is 1. The van der Waals surface area contributed by atoms with Gasteiger partial charge in [0.1, 0.15) is 0 Å². The van der Waals surface area contributed by atoms with Crippen LogP contribution in [0.25, 0.3) is 0 Å². The van der Waals surface area contributed by atoms with Crippen LogP contribution in [0.3, 0.4) is 0 Å². The molecule has 3 heteroatoms. The summed E-state index contributed by atoms with van der Waals surface area (Å²) in [6, 6.07) is 9.47. The quantitative estimate of drug-likeness (QED) is 0.549. The highest BCUT2D eigenvalue weighted by molar-refractivity contribution is 7.98. The van der Waals surface area contributed by atoms with Crippen LogP contribution in [0.2, 0.25) is 0 Å². The molecule has 1 N–H and O–H groups in total. The Morgan fingerprint density at radius 1 is 1.16 bits per heavy atom. The number of hydrogen-bond donors (Lipinski definition) is 1. The van der Waals surface area contributed by atoms with Crippen molar-refractivity contribution < 1.29 is 0 Å². The maximum absolute atomic E-state index is 3.52. The molecule has 0 amide bonds. The molecule has 1 aromatic rings. The van der Waals surface area contributed by atoms with E-state index in [0.29, 0.717) is 6.04 Å². The topological polar surface area (TPSA) is 15.3 Å². The molecule has 1 aromatic carbocycles. The molecule has 0 aromatic heterocycles. The predicted molar refractivity (Wildman–Crippen MR) is 86.9 cm³/mol. The molecule has 108 valence electrons. The van der Waals surface area contributed by atoms with E-state index in [0.717, 1.165) is 13.1 Å². The standard InChI is InChI=1S/C16H28N2S/c1-14(2)18(3)12-6-5-11-17-13-15-7-9-16(19-4)10-8-15/h7-10,14,17H,5-6,11-13H2,1-4H3. The first kappa shape index (κ1) is 16.5. The van der Waals surface area contributed by atoms with E-state index < -0.39 is 0 Å². The Kier molecular flexibility index (Phi) is 8.19. The average molecular weight is 280 g/mol. The van der Waals surface area contributed by atoms with Crippen LogP contribution < -0.4 is 5.32 Å². The Balaban J connectivity index is 2.07. The highest BCUT2D eigenvalue weighted by atomic mass is 32.2. The van der Waals surface area contributed by atoms with Crippen molar-refractivity contribution in [3.63, 3.8) is 0 Å². The second-order valence-corrected chi connectivity index (χ2v) is 6.19. The number of hydrogen-bond acceptors (Lipinski definition) is 3. The molecule has 0 aliphatic heterocycles. The van der Waals surface area contributed by atoms with Gasteiger partial charge in [0.15, 0.2) is 0 Å². The number of rotatable bonds is 9. The molecule has 0 radical (unpaired) electrons. The summed E-state index contributed by atoms with van der Waals surface area (Å²) >= 11 is 1.79. The summed E-state index contributed by atoms with van der Waals surface area (Å²) in [5, 5.41) is 3.52. The van der Waals surface area contributed by atoms with Crippen LogP contribution >= 0.6 is 11.8 Å². The van der Waals surface area contributed by atoms with Gasteiger partial charge in [0, 0.05) is 17.5 Å². The Bertz CT molecular complexity index is 335. The SMILES string of the molecule is CSc1ccc(CNCCCCN(C)C(C)C)cc1. The molecule has 0 spiro atoms. The average Bonchev–Trinajstić information content (AvgIpc) is 2.42. The van der Waals surface area contributed by atoms with Gasteiger partial charge >= 0.3 is 0 Å². The molecule has 0 unspecified atom stereocenters. The zero-order valence-electron chi connectivity index (χ0n) is 12.8. The Labute approximate surface area is 123 Å². The lowest BCUT2D eigenvalue weighted by Crippen LogP contribution is -2.27. The Morgan fingerprint density at radius 3 is 2.42 bits per heavy atom. The van der Waals surface area contributed by atoms with E-state index in [-0.39, 0.29) is 0 Å². The first-order chi connectivity index (χ1) is 9.13. The van der Waals surface area contributed by atoms with Crippen molar-refractivity contribution in [2.45, 2.75) is 44.2 Å². The van der Waals surface area contributed by atoms with Crippen molar-refractivity contribution in [2.24, 2.45) is 0 Å². The fourth-order valence-electron chi connectivity index (χ4n) is 1.85. The summed E-state index contributed by atoms with van der Waals surface area (Å²) in [6.07, 6.45) is 4.63. The second-order valence-electron chi connectivity index (χ2n) is 5.31. The van der Waals surface area contributed by atoms with Crippen molar-refractivity contribution in [1.29, 1.82) is 0 Å². The maximum atomic E-state index is 3.52. The molecule has 2 nitrogen and oxygen atoms in total. The van der Waals surface area contributed by atoms with E-state index >= 15 is 0 Å². The molecule has 19 heavy (non-hydrogen) atoms. The Morgan fingerprint density at radius 2 is 1.84 bits per heavy atom. The van der Waals surface area contributed by atoms with Crippen molar-refractivity contribution in [2.75, 3.05) is 26.4 Å². The smallest absolute Gasteiger partial charge is 0.0205 e. The minimum absolute atomic E-state index is 0.655. The van der Waals surface area contributed by atoms with Crippen LogP contribution in [0, 0.1) is 0 Å². The van der Waals surface area contributed by atoms with Crippen molar-refractivity contribution >= 4 is 11.8 Å². The van der Waals surface area contributed by atoms with E-state index in [1.807, 2.05) is 0 Å². The number of nitrogens with zero attached hydrogens (tertiary/aromatic N) is 1. The van der Waals surface area contributed by atoms with Crippen LogP contribution in [0.4, 0.5) is 0 Å². The number of unbranched alkanes of at least 4 members (excludes halogenated alkanes) is 1. The molecule has 1 rings (SSSR count). The fraction of sp³-hybridized carbons (Fsp3) is 0.625. The van der Waals surface area contributed by atoms with E-state index in [1.165, 1.54) is 29.8 Å². The first-order valence-corrected chi connectivity index (χ1v) is 8.40.